The molecule has 0 radical (unpaired) electrons. The Balaban J connectivity index is 1.80. The van der Waals surface area contributed by atoms with Gasteiger partial charge in [0.2, 0.25) is 0 Å². The molecule has 6 heteroatoms. The van der Waals surface area contributed by atoms with Gasteiger partial charge in [-0.1, -0.05) is 31.2 Å². The lowest BCUT2D eigenvalue weighted by molar-refractivity contribution is 0.126. The van der Waals surface area contributed by atoms with Gasteiger partial charge in [-0.25, -0.2) is 4.79 Å². The summed E-state index contributed by atoms with van der Waals surface area (Å²) in [4.78, 5) is 17.7. The Morgan fingerprint density at radius 3 is 2.55 bits per heavy atom. The second-order valence-electron chi connectivity index (χ2n) is 7.28. The number of ether oxygens (including phenoxy) is 2. The molecule has 0 aliphatic carbocycles. The minimum Gasteiger partial charge on any atom is -0.497 e. The van der Waals surface area contributed by atoms with E-state index in [1.54, 1.807) is 14.2 Å². The van der Waals surface area contributed by atoms with Crippen molar-refractivity contribution in [2.45, 2.75) is 32.4 Å². The molecule has 2 amide bonds. The standard InChI is InChI=1S/C23H31N3O3/c1-4-25-14-12-19(13-15-25)26(17-18-8-7-9-20(16-18)28-2)23(27)24-21-10-5-6-11-22(21)29-3/h5-11,16,19H,4,12-15,17H2,1-3H3,(H,24,27). The number of nitrogens with one attached hydrogen (secondary N) is 1. The van der Waals surface area contributed by atoms with Crippen LogP contribution in [-0.4, -0.2) is 55.7 Å². The van der Waals surface area contributed by atoms with Crippen LogP contribution in [-0.2, 0) is 6.54 Å². The van der Waals surface area contributed by atoms with Crippen LogP contribution >= 0.6 is 0 Å². The summed E-state index contributed by atoms with van der Waals surface area (Å²) in [7, 11) is 3.27. The third-order valence-corrected chi connectivity index (χ3v) is 5.54. The number of benzene rings is 2. The zero-order valence-electron chi connectivity index (χ0n) is 17.6. The number of rotatable bonds is 7. The molecule has 0 aromatic heterocycles. The van der Waals surface area contributed by atoms with Crippen molar-refractivity contribution in [3.63, 3.8) is 0 Å². The lowest BCUT2D eigenvalue weighted by Crippen LogP contribution is -2.48. The van der Waals surface area contributed by atoms with E-state index in [2.05, 4.69) is 17.1 Å². The number of hydrogen-bond acceptors (Lipinski definition) is 4. The third kappa shape index (κ3) is 5.41. The van der Waals surface area contributed by atoms with Crippen molar-refractivity contribution < 1.29 is 14.3 Å². The van der Waals surface area contributed by atoms with Crippen molar-refractivity contribution in [1.82, 2.24) is 9.80 Å². The third-order valence-electron chi connectivity index (χ3n) is 5.54. The van der Waals surface area contributed by atoms with Gasteiger partial charge in [-0.2, -0.15) is 0 Å². The SMILES string of the molecule is CCN1CCC(N(Cc2cccc(OC)c2)C(=O)Nc2ccccc2OC)CC1. The van der Waals surface area contributed by atoms with Gasteiger partial charge in [0.15, 0.2) is 0 Å². The van der Waals surface area contributed by atoms with Crippen LogP contribution in [0.15, 0.2) is 48.5 Å². The maximum atomic E-state index is 13.3. The van der Waals surface area contributed by atoms with E-state index < -0.39 is 0 Å². The van der Waals surface area contributed by atoms with Crippen LogP contribution in [0.25, 0.3) is 0 Å². The predicted octanol–water partition coefficient (Wildman–Crippen LogP) is 4.22. The molecule has 1 heterocycles. The first-order valence-electron chi connectivity index (χ1n) is 10.2. The molecule has 1 fully saturated rings. The summed E-state index contributed by atoms with van der Waals surface area (Å²) in [6.45, 7) is 5.79. The molecule has 156 valence electrons. The van der Waals surface area contributed by atoms with Gasteiger partial charge in [0.25, 0.3) is 0 Å². The normalized spacial score (nSPS) is 15.0. The van der Waals surface area contributed by atoms with Gasteiger partial charge in [0.1, 0.15) is 11.5 Å². The van der Waals surface area contributed by atoms with Crippen LogP contribution in [0.5, 0.6) is 11.5 Å². The molecule has 29 heavy (non-hydrogen) atoms. The minimum absolute atomic E-state index is 0.104. The summed E-state index contributed by atoms with van der Waals surface area (Å²) in [6, 6.07) is 15.5. The van der Waals surface area contributed by atoms with Crippen LogP contribution in [0.2, 0.25) is 0 Å². The predicted molar refractivity (Wildman–Crippen MR) is 116 cm³/mol. The van der Waals surface area contributed by atoms with E-state index in [0.717, 1.165) is 43.8 Å². The molecular formula is C23H31N3O3. The number of methoxy groups -OCH3 is 2. The van der Waals surface area contributed by atoms with Gasteiger partial charge in [-0.15, -0.1) is 0 Å². The Morgan fingerprint density at radius 2 is 1.86 bits per heavy atom. The highest BCUT2D eigenvalue weighted by Gasteiger charge is 2.28. The first-order chi connectivity index (χ1) is 14.1. The fourth-order valence-corrected chi connectivity index (χ4v) is 3.82. The summed E-state index contributed by atoms with van der Waals surface area (Å²) in [5, 5.41) is 3.05. The van der Waals surface area contributed by atoms with E-state index in [9.17, 15) is 4.79 Å². The average molecular weight is 398 g/mol. The van der Waals surface area contributed by atoms with Crippen LogP contribution in [0, 0.1) is 0 Å². The highest BCUT2D eigenvalue weighted by molar-refractivity contribution is 5.91. The fraction of sp³-hybridized carbons (Fsp3) is 0.435. The highest BCUT2D eigenvalue weighted by Crippen LogP contribution is 2.26. The molecule has 1 N–H and O–H groups in total. The monoisotopic (exact) mass is 397 g/mol. The van der Waals surface area contributed by atoms with Gasteiger partial charge in [-0.3, -0.25) is 0 Å². The molecular weight excluding hydrogens is 366 g/mol. The smallest absolute Gasteiger partial charge is 0.322 e. The number of likely N-dealkylation sites (tertiary alicyclic amines) is 1. The maximum absolute atomic E-state index is 13.3. The number of anilines is 1. The van der Waals surface area contributed by atoms with Crippen LogP contribution < -0.4 is 14.8 Å². The van der Waals surface area contributed by atoms with E-state index >= 15 is 0 Å². The van der Waals surface area contributed by atoms with Crippen molar-refractivity contribution in [2.24, 2.45) is 0 Å². The van der Waals surface area contributed by atoms with Gasteiger partial charge in [0.05, 0.1) is 19.9 Å². The molecule has 1 saturated heterocycles. The van der Waals surface area contributed by atoms with Crippen molar-refractivity contribution in [3.05, 3.63) is 54.1 Å². The summed E-state index contributed by atoms with van der Waals surface area (Å²) >= 11 is 0. The zero-order valence-corrected chi connectivity index (χ0v) is 17.6. The van der Waals surface area contributed by atoms with E-state index in [4.69, 9.17) is 9.47 Å². The van der Waals surface area contributed by atoms with Crippen molar-refractivity contribution >= 4 is 11.7 Å². The Hall–Kier alpha value is -2.73. The van der Waals surface area contributed by atoms with Crippen molar-refractivity contribution in [3.8, 4) is 11.5 Å². The van der Waals surface area contributed by atoms with Crippen LogP contribution in [0.4, 0.5) is 10.5 Å². The second-order valence-corrected chi connectivity index (χ2v) is 7.28. The van der Waals surface area contributed by atoms with Crippen molar-refractivity contribution in [2.75, 3.05) is 39.2 Å². The minimum atomic E-state index is -0.104. The van der Waals surface area contributed by atoms with Gasteiger partial charge in [0, 0.05) is 25.7 Å². The molecule has 0 unspecified atom stereocenters. The highest BCUT2D eigenvalue weighted by atomic mass is 16.5. The van der Waals surface area contributed by atoms with Crippen LogP contribution in [0.3, 0.4) is 0 Å². The van der Waals surface area contributed by atoms with E-state index in [1.807, 2.05) is 53.4 Å². The van der Waals surface area contributed by atoms with Crippen molar-refractivity contribution in [1.29, 1.82) is 0 Å². The molecule has 3 rings (SSSR count). The first kappa shape index (κ1) is 21.0. The number of urea groups is 1. The number of carbonyl (C=O) groups excluding carboxylic acids is 1. The molecule has 0 atom stereocenters. The number of carbonyl (C=O) groups is 1. The number of piperidine rings is 1. The lowest BCUT2D eigenvalue weighted by atomic mass is 10.0. The number of hydrogen-bond donors (Lipinski definition) is 1. The van der Waals surface area contributed by atoms with Gasteiger partial charge >= 0.3 is 6.03 Å². The lowest BCUT2D eigenvalue weighted by Gasteiger charge is -2.38. The molecule has 1 aliphatic rings. The van der Waals surface area contributed by atoms with E-state index in [1.165, 1.54) is 0 Å². The maximum Gasteiger partial charge on any atom is 0.322 e. The number of nitrogens with zero attached hydrogens (tertiary/aromatic N) is 2. The second kappa shape index (κ2) is 10.2. The Kier molecular flexibility index (Phi) is 7.36. The molecule has 6 nitrogen and oxygen atoms in total. The molecule has 2 aromatic carbocycles. The Labute approximate surface area is 173 Å². The Bertz CT molecular complexity index is 803. The first-order valence-corrected chi connectivity index (χ1v) is 10.2. The van der Waals surface area contributed by atoms with Crippen LogP contribution in [0.1, 0.15) is 25.3 Å². The van der Waals surface area contributed by atoms with Gasteiger partial charge < -0.3 is 24.6 Å². The molecule has 0 saturated carbocycles. The van der Waals surface area contributed by atoms with E-state index in [-0.39, 0.29) is 12.1 Å². The molecule has 2 aromatic rings. The molecule has 0 bridgehead atoms. The average Bonchev–Trinajstić information content (AvgIpc) is 2.78. The fourth-order valence-electron chi connectivity index (χ4n) is 3.82. The molecule has 0 spiro atoms. The Morgan fingerprint density at radius 1 is 1.10 bits per heavy atom. The van der Waals surface area contributed by atoms with Gasteiger partial charge in [-0.05, 0) is 49.2 Å². The van der Waals surface area contributed by atoms with E-state index in [0.29, 0.717) is 18.0 Å². The largest absolute Gasteiger partial charge is 0.497 e. The summed E-state index contributed by atoms with van der Waals surface area (Å²) < 4.78 is 10.7. The number of para-hydroxylation sites is 2. The zero-order chi connectivity index (χ0) is 20.6. The summed E-state index contributed by atoms with van der Waals surface area (Å²) in [6.07, 6.45) is 1.94. The molecule has 1 aliphatic heterocycles. The quantitative estimate of drug-likeness (QED) is 0.760. The summed E-state index contributed by atoms with van der Waals surface area (Å²) in [5.74, 6) is 1.45. The summed E-state index contributed by atoms with van der Waals surface area (Å²) in [5.41, 5.74) is 1.74. The number of amides is 2. The topological polar surface area (TPSA) is 54.0 Å².